The summed E-state index contributed by atoms with van der Waals surface area (Å²) in [5, 5.41) is 9.85. The van der Waals surface area contributed by atoms with Crippen LogP contribution in [0.15, 0.2) is 54.6 Å². The van der Waals surface area contributed by atoms with Gasteiger partial charge in [-0.15, -0.1) is 0 Å². The molecule has 0 saturated heterocycles. The Hall–Kier alpha value is -2.92. The summed E-state index contributed by atoms with van der Waals surface area (Å²) in [5.74, 6) is 0.418. The fraction of sp³-hybridized carbons (Fsp3) is 0.385. The van der Waals surface area contributed by atoms with E-state index in [4.69, 9.17) is 0 Å². The van der Waals surface area contributed by atoms with Gasteiger partial charge in [0.2, 0.25) is 0 Å². The van der Waals surface area contributed by atoms with Gasteiger partial charge in [0.05, 0.1) is 22.8 Å². The number of nitrogens with zero attached hydrogens (tertiary/aromatic N) is 2. The maximum Gasteiger partial charge on any atom is 0.279 e. The quantitative estimate of drug-likeness (QED) is 0.542. The van der Waals surface area contributed by atoms with Crippen LogP contribution in [0.25, 0.3) is 5.69 Å². The molecule has 0 spiro atoms. The van der Waals surface area contributed by atoms with Gasteiger partial charge in [0, 0.05) is 11.5 Å². The van der Waals surface area contributed by atoms with Crippen LogP contribution in [0.1, 0.15) is 55.7 Å². The number of anilines is 1. The van der Waals surface area contributed by atoms with Gasteiger partial charge in [0.15, 0.2) is 6.54 Å². The van der Waals surface area contributed by atoms with Gasteiger partial charge in [-0.1, -0.05) is 69.7 Å². The van der Waals surface area contributed by atoms with E-state index in [0.29, 0.717) is 12.5 Å². The van der Waals surface area contributed by atoms with E-state index < -0.39 is 0 Å². The Morgan fingerprint density at radius 3 is 2.35 bits per heavy atom. The average molecular weight is 420 g/mol. The minimum absolute atomic E-state index is 0.00735. The standard InChI is InChI=1S/C26H34N4O/c1-6-10-21-13-15-22(16-14-21)25(18(2)3)27-17-24(31)28-26-19(4)29-30(20(26)5)23-11-8-7-9-12-23/h7-9,11-16,18,25,27H,6,10,17H2,1-5H3,(H,28,31)/p+1/t25-/m1/s1. The van der Waals surface area contributed by atoms with Crippen LogP contribution in [0, 0.1) is 19.8 Å². The van der Waals surface area contributed by atoms with Gasteiger partial charge >= 0.3 is 0 Å². The number of aromatic nitrogens is 2. The highest BCUT2D eigenvalue weighted by atomic mass is 16.1. The van der Waals surface area contributed by atoms with Crippen LogP contribution in [0.3, 0.4) is 0 Å². The number of nitrogens with one attached hydrogen (secondary N) is 1. The van der Waals surface area contributed by atoms with Crippen molar-refractivity contribution in [2.24, 2.45) is 5.92 Å². The number of hydrogen-bond acceptors (Lipinski definition) is 2. The smallest absolute Gasteiger partial charge is 0.279 e. The van der Waals surface area contributed by atoms with Crippen LogP contribution in [0.5, 0.6) is 0 Å². The maximum atomic E-state index is 12.8. The molecule has 1 atom stereocenters. The molecule has 0 radical (unpaired) electrons. The molecule has 0 aliphatic rings. The lowest BCUT2D eigenvalue weighted by molar-refractivity contribution is -0.692. The minimum Gasteiger partial charge on any atom is -0.332 e. The van der Waals surface area contributed by atoms with Crippen LogP contribution < -0.4 is 10.6 Å². The number of para-hydroxylation sites is 1. The first-order valence-corrected chi connectivity index (χ1v) is 11.2. The number of carbonyl (C=O) groups excluding carboxylic acids is 1. The molecule has 0 aliphatic carbocycles. The molecule has 3 rings (SSSR count). The Kier molecular flexibility index (Phi) is 7.64. The van der Waals surface area contributed by atoms with Crippen molar-refractivity contribution in [3.63, 3.8) is 0 Å². The first-order chi connectivity index (χ1) is 14.9. The molecule has 1 aromatic heterocycles. The molecule has 1 heterocycles. The van der Waals surface area contributed by atoms with E-state index in [1.54, 1.807) is 0 Å². The summed E-state index contributed by atoms with van der Waals surface area (Å²) >= 11 is 0. The van der Waals surface area contributed by atoms with E-state index in [0.717, 1.165) is 35.6 Å². The van der Waals surface area contributed by atoms with Crippen LogP contribution in [0.2, 0.25) is 0 Å². The predicted octanol–water partition coefficient (Wildman–Crippen LogP) is 4.34. The molecule has 1 amide bonds. The Labute approximate surface area is 185 Å². The third kappa shape index (κ3) is 5.61. The summed E-state index contributed by atoms with van der Waals surface area (Å²) in [6.07, 6.45) is 2.26. The summed E-state index contributed by atoms with van der Waals surface area (Å²) in [4.78, 5) is 12.8. The van der Waals surface area contributed by atoms with Crippen molar-refractivity contribution >= 4 is 11.6 Å². The zero-order valence-corrected chi connectivity index (χ0v) is 19.4. The zero-order valence-electron chi connectivity index (χ0n) is 19.4. The van der Waals surface area contributed by atoms with E-state index in [2.05, 4.69) is 60.8 Å². The summed E-state index contributed by atoms with van der Waals surface area (Å²) < 4.78 is 1.88. The molecule has 0 fully saturated rings. The normalized spacial score (nSPS) is 12.2. The lowest BCUT2D eigenvalue weighted by atomic mass is 9.94. The lowest BCUT2D eigenvalue weighted by Crippen LogP contribution is -2.88. The third-order valence-corrected chi connectivity index (χ3v) is 5.74. The Morgan fingerprint density at radius 2 is 1.74 bits per heavy atom. The Bertz CT molecular complexity index is 990. The summed E-state index contributed by atoms with van der Waals surface area (Å²) in [6.45, 7) is 10.9. The van der Waals surface area contributed by atoms with Crippen molar-refractivity contribution in [3.8, 4) is 5.69 Å². The van der Waals surface area contributed by atoms with Crippen LogP contribution in [0.4, 0.5) is 5.69 Å². The fourth-order valence-electron chi connectivity index (χ4n) is 4.06. The van der Waals surface area contributed by atoms with Crippen LogP contribution in [-0.2, 0) is 11.2 Å². The number of aryl methyl sites for hydroxylation is 2. The molecule has 164 valence electrons. The number of amides is 1. The number of hydrogen-bond donors (Lipinski definition) is 2. The van der Waals surface area contributed by atoms with Crippen molar-refractivity contribution in [2.45, 2.75) is 53.5 Å². The predicted molar refractivity (Wildman–Crippen MR) is 126 cm³/mol. The van der Waals surface area contributed by atoms with Gasteiger partial charge in [-0.3, -0.25) is 4.79 Å². The van der Waals surface area contributed by atoms with Gasteiger partial charge in [0.25, 0.3) is 5.91 Å². The number of benzene rings is 2. The second-order valence-electron chi connectivity index (χ2n) is 8.54. The number of quaternary nitrogens is 1. The van der Waals surface area contributed by atoms with E-state index in [1.807, 2.05) is 48.9 Å². The SMILES string of the molecule is CCCc1ccc([C@H]([NH2+]CC(=O)Nc2c(C)nn(-c3ccccc3)c2C)C(C)C)cc1. The molecule has 0 bridgehead atoms. The topological polar surface area (TPSA) is 63.5 Å². The highest BCUT2D eigenvalue weighted by Gasteiger charge is 2.22. The van der Waals surface area contributed by atoms with Crippen LogP contribution >= 0.6 is 0 Å². The monoisotopic (exact) mass is 419 g/mol. The van der Waals surface area contributed by atoms with Crippen molar-refractivity contribution in [1.82, 2.24) is 9.78 Å². The van der Waals surface area contributed by atoms with E-state index in [1.165, 1.54) is 11.1 Å². The van der Waals surface area contributed by atoms with E-state index in [-0.39, 0.29) is 11.9 Å². The molecule has 2 aromatic carbocycles. The molecule has 0 saturated carbocycles. The second-order valence-corrected chi connectivity index (χ2v) is 8.54. The van der Waals surface area contributed by atoms with Crippen molar-refractivity contribution in [2.75, 3.05) is 11.9 Å². The van der Waals surface area contributed by atoms with Gasteiger partial charge < -0.3 is 10.6 Å². The number of carbonyl (C=O) groups is 1. The molecule has 31 heavy (non-hydrogen) atoms. The zero-order chi connectivity index (χ0) is 22.4. The number of nitrogens with two attached hydrogens (primary N) is 1. The first-order valence-electron chi connectivity index (χ1n) is 11.2. The van der Waals surface area contributed by atoms with Crippen molar-refractivity contribution in [3.05, 3.63) is 77.1 Å². The summed E-state index contributed by atoms with van der Waals surface area (Å²) in [5.41, 5.74) is 6.18. The highest BCUT2D eigenvalue weighted by Crippen LogP contribution is 2.23. The van der Waals surface area contributed by atoms with Crippen molar-refractivity contribution in [1.29, 1.82) is 0 Å². The third-order valence-electron chi connectivity index (χ3n) is 5.74. The van der Waals surface area contributed by atoms with Gasteiger partial charge in [-0.2, -0.15) is 5.10 Å². The van der Waals surface area contributed by atoms with Crippen molar-refractivity contribution < 1.29 is 10.1 Å². The highest BCUT2D eigenvalue weighted by molar-refractivity contribution is 5.92. The molecule has 0 aliphatic heterocycles. The van der Waals surface area contributed by atoms with Gasteiger partial charge in [-0.05, 0) is 38.0 Å². The molecule has 3 N–H and O–H groups in total. The average Bonchev–Trinajstić information content (AvgIpc) is 3.04. The lowest BCUT2D eigenvalue weighted by Gasteiger charge is -2.20. The minimum atomic E-state index is -0.00735. The largest absolute Gasteiger partial charge is 0.332 e. The second kappa shape index (κ2) is 10.4. The molecule has 5 heteroatoms. The maximum absolute atomic E-state index is 12.8. The molecular weight excluding hydrogens is 384 g/mol. The summed E-state index contributed by atoms with van der Waals surface area (Å²) in [6, 6.07) is 19.1. The molecule has 0 unspecified atom stereocenters. The molecule has 3 aromatic rings. The molecule has 5 nitrogen and oxygen atoms in total. The van der Waals surface area contributed by atoms with E-state index >= 15 is 0 Å². The first kappa shape index (κ1) is 22.8. The van der Waals surface area contributed by atoms with Crippen LogP contribution in [-0.4, -0.2) is 22.2 Å². The Morgan fingerprint density at radius 1 is 1.06 bits per heavy atom. The summed E-state index contributed by atoms with van der Waals surface area (Å²) in [7, 11) is 0. The molecular formula is C26H35N4O+. The fourth-order valence-corrected chi connectivity index (χ4v) is 4.06. The van der Waals surface area contributed by atoms with Gasteiger partial charge in [0.1, 0.15) is 6.04 Å². The van der Waals surface area contributed by atoms with E-state index in [9.17, 15) is 4.79 Å². The number of rotatable bonds is 9. The van der Waals surface area contributed by atoms with Gasteiger partial charge in [-0.25, -0.2) is 4.68 Å². The Balaban J connectivity index is 1.67.